The van der Waals surface area contributed by atoms with Gasteiger partial charge in [0, 0.05) is 12.4 Å². The van der Waals surface area contributed by atoms with Crippen molar-refractivity contribution in [1.82, 2.24) is 15.3 Å². The minimum Gasteiger partial charge on any atom is -0.455 e. The third-order valence-electron chi connectivity index (χ3n) is 3.82. The molecule has 0 bridgehead atoms. The number of carbonyl (C=O) groups is 1. The van der Waals surface area contributed by atoms with Crippen LogP contribution in [0, 0.1) is 0 Å². The number of aliphatic hydroxyl groups is 1. The van der Waals surface area contributed by atoms with E-state index < -0.39 is 6.10 Å². The first-order valence-corrected chi connectivity index (χ1v) is 8.68. The van der Waals surface area contributed by atoms with Gasteiger partial charge in [-0.1, -0.05) is 24.6 Å². The van der Waals surface area contributed by atoms with E-state index in [1.54, 1.807) is 30.6 Å². The lowest BCUT2D eigenvalue weighted by Crippen LogP contribution is -2.44. The summed E-state index contributed by atoms with van der Waals surface area (Å²) < 4.78 is 5.57. The fraction of sp³-hybridized carbons (Fsp3) is 0.438. The number of nitrogens with one attached hydrogen (secondary N) is 1. The van der Waals surface area contributed by atoms with E-state index in [0.717, 1.165) is 25.7 Å². The van der Waals surface area contributed by atoms with Gasteiger partial charge >= 0.3 is 0 Å². The van der Waals surface area contributed by atoms with Gasteiger partial charge in [-0.2, -0.15) is 0 Å². The van der Waals surface area contributed by atoms with Gasteiger partial charge in [-0.25, -0.2) is 9.97 Å². The van der Waals surface area contributed by atoms with E-state index in [9.17, 15) is 9.90 Å². The smallest absolute Gasteiger partial charge is 0.287 e. The summed E-state index contributed by atoms with van der Waals surface area (Å²) in [6.45, 7) is 0. The summed E-state index contributed by atoms with van der Waals surface area (Å²) in [5.74, 6) is 1.25. The molecule has 6 nitrogen and oxygen atoms in total. The summed E-state index contributed by atoms with van der Waals surface area (Å²) in [7, 11) is 0. The highest BCUT2D eigenvalue weighted by atomic mass is 32.2. The van der Waals surface area contributed by atoms with Gasteiger partial charge in [0.1, 0.15) is 5.76 Å². The lowest BCUT2D eigenvalue weighted by molar-refractivity contribution is 0.0697. The van der Waals surface area contributed by atoms with Crippen molar-refractivity contribution in [2.75, 3.05) is 0 Å². The Morgan fingerprint density at radius 1 is 1.30 bits per heavy atom. The molecule has 0 radical (unpaired) electrons. The molecule has 0 spiro atoms. The number of nitrogens with zero attached hydrogens (tertiary/aromatic N) is 2. The molecule has 2 N–H and O–H groups in total. The molecular formula is C16H19N3O3S. The third-order valence-corrected chi connectivity index (χ3v) is 4.71. The van der Waals surface area contributed by atoms with Crippen molar-refractivity contribution in [2.24, 2.45) is 0 Å². The number of carbonyl (C=O) groups excluding carboxylic acids is 1. The van der Waals surface area contributed by atoms with E-state index >= 15 is 0 Å². The van der Waals surface area contributed by atoms with Crippen LogP contribution >= 0.6 is 11.8 Å². The monoisotopic (exact) mass is 333 g/mol. The molecule has 1 aliphatic carbocycles. The zero-order chi connectivity index (χ0) is 16.1. The largest absolute Gasteiger partial charge is 0.455 e. The quantitative estimate of drug-likeness (QED) is 0.645. The molecule has 1 amide bonds. The van der Waals surface area contributed by atoms with Crippen LogP contribution in [0.2, 0.25) is 0 Å². The maximum absolute atomic E-state index is 12.2. The first-order chi connectivity index (χ1) is 11.2. The molecule has 0 saturated heterocycles. The molecular weight excluding hydrogens is 314 g/mol. The highest BCUT2D eigenvalue weighted by Crippen LogP contribution is 2.21. The number of thioether (sulfide) groups is 1. The first-order valence-electron chi connectivity index (χ1n) is 7.70. The summed E-state index contributed by atoms with van der Waals surface area (Å²) in [4.78, 5) is 20.4. The minimum atomic E-state index is -0.465. The molecule has 2 aromatic rings. The molecule has 0 aromatic carbocycles. The van der Waals surface area contributed by atoms with Crippen molar-refractivity contribution in [3.05, 3.63) is 42.1 Å². The van der Waals surface area contributed by atoms with E-state index in [1.165, 1.54) is 11.8 Å². The fourth-order valence-electron chi connectivity index (χ4n) is 2.59. The Balaban J connectivity index is 1.54. The van der Waals surface area contributed by atoms with Crippen LogP contribution in [0.1, 0.15) is 42.0 Å². The molecule has 1 aliphatic rings. The Bertz CT molecular complexity index is 647. The molecule has 2 aromatic heterocycles. The normalized spacial score (nSPS) is 21.1. The molecule has 2 heterocycles. The van der Waals surface area contributed by atoms with Gasteiger partial charge in [0.15, 0.2) is 10.9 Å². The number of aliphatic hydroxyl groups excluding tert-OH is 1. The van der Waals surface area contributed by atoms with E-state index in [2.05, 4.69) is 15.3 Å². The molecule has 2 atom stereocenters. The summed E-state index contributed by atoms with van der Waals surface area (Å²) in [5, 5.41) is 13.4. The van der Waals surface area contributed by atoms with Crippen molar-refractivity contribution in [2.45, 2.75) is 48.7 Å². The lowest BCUT2D eigenvalue weighted by Gasteiger charge is -2.27. The van der Waals surface area contributed by atoms with Gasteiger partial charge in [-0.15, -0.1) is 0 Å². The highest BCUT2D eigenvalue weighted by molar-refractivity contribution is 7.98. The summed E-state index contributed by atoms with van der Waals surface area (Å²) >= 11 is 1.45. The van der Waals surface area contributed by atoms with Crippen molar-refractivity contribution in [3.63, 3.8) is 0 Å². The second-order valence-electron chi connectivity index (χ2n) is 5.52. The van der Waals surface area contributed by atoms with Crippen LogP contribution in [0.5, 0.6) is 0 Å². The molecule has 23 heavy (non-hydrogen) atoms. The van der Waals surface area contributed by atoms with E-state index in [-0.39, 0.29) is 17.7 Å². The summed E-state index contributed by atoms with van der Waals surface area (Å²) in [6, 6.07) is 5.02. The average Bonchev–Trinajstić information content (AvgIpc) is 3.05. The van der Waals surface area contributed by atoms with Gasteiger partial charge in [-0.3, -0.25) is 4.79 Å². The van der Waals surface area contributed by atoms with Crippen molar-refractivity contribution < 1.29 is 14.3 Å². The minimum absolute atomic E-state index is 0.183. The van der Waals surface area contributed by atoms with Gasteiger partial charge in [0.2, 0.25) is 0 Å². The predicted molar refractivity (Wildman–Crippen MR) is 86.0 cm³/mol. The Kier molecular flexibility index (Phi) is 5.30. The van der Waals surface area contributed by atoms with Crippen molar-refractivity contribution in [3.8, 4) is 0 Å². The van der Waals surface area contributed by atoms with Crippen LogP contribution in [0.3, 0.4) is 0 Å². The Morgan fingerprint density at radius 2 is 2.09 bits per heavy atom. The molecule has 1 fully saturated rings. The topological polar surface area (TPSA) is 88.2 Å². The number of amides is 1. The Hall–Kier alpha value is -1.86. The average molecular weight is 333 g/mol. The van der Waals surface area contributed by atoms with Gasteiger partial charge in [-0.05, 0) is 31.0 Å². The zero-order valence-electron chi connectivity index (χ0n) is 12.6. The summed E-state index contributed by atoms with van der Waals surface area (Å²) in [6.07, 6.45) is 6.49. The van der Waals surface area contributed by atoms with Crippen LogP contribution in [0.15, 0.2) is 40.2 Å². The van der Waals surface area contributed by atoms with Crippen LogP contribution in [-0.2, 0) is 5.75 Å². The number of hydrogen-bond acceptors (Lipinski definition) is 6. The lowest BCUT2D eigenvalue weighted by atomic mass is 9.92. The Morgan fingerprint density at radius 3 is 2.87 bits per heavy atom. The SMILES string of the molecule is O=C(N[C@H]1CCCC[C@@H]1O)c1ccc(CSc2ncccn2)o1. The van der Waals surface area contributed by atoms with Gasteiger partial charge in [0.25, 0.3) is 5.91 Å². The van der Waals surface area contributed by atoms with Gasteiger partial charge < -0.3 is 14.8 Å². The second-order valence-corrected chi connectivity index (χ2v) is 6.46. The van der Waals surface area contributed by atoms with Crippen LogP contribution < -0.4 is 5.32 Å². The van der Waals surface area contributed by atoms with E-state index in [0.29, 0.717) is 16.7 Å². The molecule has 1 saturated carbocycles. The number of furan rings is 1. The number of hydrogen-bond donors (Lipinski definition) is 2. The van der Waals surface area contributed by atoms with Gasteiger partial charge in [0.05, 0.1) is 17.9 Å². The van der Waals surface area contributed by atoms with Crippen LogP contribution in [-0.4, -0.2) is 33.1 Å². The zero-order valence-corrected chi connectivity index (χ0v) is 13.5. The third kappa shape index (κ3) is 4.33. The first kappa shape index (κ1) is 16.0. The maximum atomic E-state index is 12.2. The molecule has 0 aliphatic heterocycles. The van der Waals surface area contributed by atoms with Crippen LogP contribution in [0.25, 0.3) is 0 Å². The fourth-order valence-corrected chi connectivity index (χ4v) is 3.29. The number of aromatic nitrogens is 2. The molecule has 3 rings (SSSR count). The summed E-state index contributed by atoms with van der Waals surface area (Å²) in [5.41, 5.74) is 0. The molecule has 7 heteroatoms. The molecule has 0 unspecified atom stereocenters. The number of rotatable bonds is 5. The van der Waals surface area contributed by atoms with Crippen molar-refractivity contribution in [1.29, 1.82) is 0 Å². The van der Waals surface area contributed by atoms with Crippen LogP contribution in [0.4, 0.5) is 0 Å². The Labute approximate surface area is 138 Å². The maximum Gasteiger partial charge on any atom is 0.287 e. The highest BCUT2D eigenvalue weighted by Gasteiger charge is 2.25. The standard InChI is InChI=1S/C16H19N3O3S/c20-13-5-2-1-4-12(13)19-15(21)14-7-6-11(22-14)10-23-16-17-8-3-9-18-16/h3,6-9,12-13,20H,1-2,4-5,10H2,(H,19,21)/t12-,13-/m0/s1. The molecule has 122 valence electrons. The second kappa shape index (κ2) is 7.61. The predicted octanol–water partition coefficient (Wildman–Crippen LogP) is 2.40. The van der Waals surface area contributed by atoms with Crippen molar-refractivity contribution >= 4 is 17.7 Å². The van der Waals surface area contributed by atoms with E-state index in [4.69, 9.17) is 4.42 Å². The van der Waals surface area contributed by atoms with E-state index in [1.807, 2.05) is 0 Å².